The van der Waals surface area contributed by atoms with Crippen molar-refractivity contribution in [3.8, 4) is 5.75 Å². The van der Waals surface area contributed by atoms with Gasteiger partial charge in [0.2, 0.25) is 5.91 Å². The highest BCUT2D eigenvalue weighted by molar-refractivity contribution is 7.17. The van der Waals surface area contributed by atoms with Crippen LogP contribution in [0.15, 0.2) is 53.9 Å². The zero-order valence-corrected chi connectivity index (χ0v) is 15.3. The number of ether oxygens (including phenoxy) is 1. The van der Waals surface area contributed by atoms with Gasteiger partial charge < -0.3 is 15.2 Å². The van der Waals surface area contributed by atoms with E-state index in [-0.39, 0.29) is 12.3 Å². The van der Waals surface area contributed by atoms with E-state index in [1.54, 1.807) is 35.6 Å². The highest BCUT2D eigenvalue weighted by Crippen LogP contribution is 2.24. The van der Waals surface area contributed by atoms with Crippen LogP contribution in [0.2, 0.25) is 0 Å². The largest absolute Gasteiger partial charge is 0.478 e. The van der Waals surface area contributed by atoms with Crippen LogP contribution in [0, 0.1) is 0 Å². The highest BCUT2D eigenvalue weighted by Gasteiger charge is 2.29. The summed E-state index contributed by atoms with van der Waals surface area (Å²) >= 11 is 1.66. The zero-order valence-electron chi connectivity index (χ0n) is 14.5. The molecule has 0 unspecified atom stereocenters. The maximum Gasteiger partial charge on any atom is 0.347 e. The first-order valence-corrected chi connectivity index (χ1v) is 9.00. The summed E-state index contributed by atoms with van der Waals surface area (Å²) < 4.78 is 6.64. The first-order chi connectivity index (χ1) is 12.3. The predicted molar refractivity (Wildman–Crippen MR) is 103 cm³/mol. The second-order valence-corrected chi connectivity index (χ2v) is 7.41. The fourth-order valence-electron chi connectivity index (χ4n) is 2.45. The van der Waals surface area contributed by atoms with Gasteiger partial charge in [-0.1, -0.05) is 12.1 Å². The van der Waals surface area contributed by atoms with E-state index in [4.69, 9.17) is 9.84 Å². The number of carbonyl (C=O) groups excluding carboxylic acids is 1. The number of benzene rings is 2. The molecule has 3 aromatic rings. The van der Waals surface area contributed by atoms with E-state index in [0.29, 0.717) is 5.75 Å². The number of rotatable bonds is 6. The number of amides is 1. The zero-order chi connectivity index (χ0) is 18.7. The van der Waals surface area contributed by atoms with Gasteiger partial charge in [-0.25, -0.2) is 4.79 Å². The number of hydrogen-bond acceptors (Lipinski definition) is 4. The molecule has 1 heterocycles. The van der Waals surface area contributed by atoms with Crippen molar-refractivity contribution in [3.63, 3.8) is 0 Å². The van der Waals surface area contributed by atoms with Gasteiger partial charge in [0.1, 0.15) is 5.75 Å². The smallest absolute Gasteiger partial charge is 0.347 e. The molecule has 5 nitrogen and oxygen atoms in total. The Labute approximate surface area is 155 Å². The number of fused-ring (bicyclic) bond motifs is 1. The molecule has 0 fully saturated rings. The third kappa shape index (κ3) is 4.21. The molecule has 0 spiro atoms. The van der Waals surface area contributed by atoms with Crippen LogP contribution in [0.4, 0.5) is 5.69 Å². The molecule has 26 heavy (non-hydrogen) atoms. The van der Waals surface area contributed by atoms with Crippen LogP contribution in [0.5, 0.6) is 5.75 Å². The van der Waals surface area contributed by atoms with E-state index in [0.717, 1.165) is 16.6 Å². The van der Waals surface area contributed by atoms with Gasteiger partial charge in [-0.3, -0.25) is 4.79 Å². The van der Waals surface area contributed by atoms with Crippen LogP contribution in [-0.4, -0.2) is 22.6 Å². The molecule has 0 aliphatic rings. The summed E-state index contributed by atoms with van der Waals surface area (Å²) in [4.78, 5) is 23.3. The summed E-state index contributed by atoms with van der Waals surface area (Å²) in [6, 6.07) is 14.7. The lowest BCUT2D eigenvalue weighted by Gasteiger charge is -2.21. The number of nitrogens with one attached hydrogen (secondary N) is 1. The van der Waals surface area contributed by atoms with E-state index in [1.807, 2.05) is 29.6 Å². The summed E-state index contributed by atoms with van der Waals surface area (Å²) in [6.07, 6.45) is 0.226. The number of carboxylic acid groups (broad SMARTS) is 1. The van der Waals surface area contributed by atoms with Crippen molar-refractivity contribution in [2.75, 3.05) is 5.32 Å². The average Bonchev–Trinajstić information content (AvgIpc) is 3.04. The van der Waals surface area contributed by atoms with Gasteiger partial charge in [0.15, 0.2) is 5.60 Å². The van der Waals surface area contributed by atoms with Gasteiger partial charge in [0.05, 0.1) is 6.42 Å². The molecule has 0 atom stereocenters. The fourth-order valence-corrected chi connectivity index (χ4v) is 3.22. The Hall–Kier alpha value is -2.86. The summed E-state index contributed by atoms with van der Waals surface area (Å²) in [5.74, 6) is -0.702. The molecule has 2 N–H and O–H groups in total. The lowest BCUT2D eigenvalue weighted by atomic mass is 10.1. The molecule has 1 aromatic heterocycles. The highest BCUT2D eigenvalue weighted by atomic mass is 32.1. The molecule has 3 rings (SSSR count). The number of aliphatic carboxylic acids is 1. The maximum atomic E-state index is 12.2. The molecular formula is C20H19NO4S. The molecule has 0 saturated heterocycles. The average molecular weight is 369 g/mol. The summed E-state index contributed by atoms with van der Waals surface area (Å²) in [6.45, 7) is 2.97. The number of carbonyl (C=O) groups is 2. The van der Waals surface area contributed by atoms with Crippen LogP contribution >= 0.6 is 11.3 Å². The van der Waals surface area contributed by atoms with Crippen LogP contribution in [-0.2, 0) is 16.0 Å². The Bertz CT molecular complexity index is 944. The molecule has 0 bridgehead atoms. The van der Waals surface area contributed by atoms with Crippen LogP contribution in [0.1, 0.15) is 19.4 Å². The third-order valence-electron chi connectivity index (χ3n) is 3.91. The molecular weight excluding hydrogens is 350 g/mol. The Kier molecular flexibility index (Phi) is 4.95. The summed E-state index contributed by atoms with van der Waals surface area (Å²) in [7, 11) is 0. The molecule has 6 heteroatoms. The topological polar surface area (TPSA) is 75.6 Å². The molecule has 0 aliphatic heterocycles. The van der Waals surface area contributed by atoms with Crippen molar-refractivity contribution in [2.24, 2.45) is 0 Å². The van der Waals surface area contributed by atoms with E-state index >= 15 is 0 Å². The van der Waals surface area contributed by atoms with Gasteiger partial charge in [-0.05, 0) is 66.6 Å². The Morgan fingerprint density at radius 2 is 1.85 bits per heavy atom. The molecule has 134 valence electrons. The lowest BCUT2D eigenvalue weighted by Crippen LogP contribution is -2.37. The van der Waals surface area contributed by atoms with Crippen LogP contribution < -0.4 is 10.1 Å². The van der Waals surface area contributed by atoms with Crippen molar-refractivity contribution >= 4 is 39.0 Å². The van der Waals surface area contributed by atoms with Crippen LogP contribution in [0.25, 0.3) is 10.1 Å². The van der Waals surface area contributed by atoms with E-state index < -0.39 is 11.6 Å². The second-order valence-electron chi connectivity index (χ2n) is 6.46. The fraction of sp³-hybridized carbons (Fsp3) is 0.200. The first kappa shape index (κ1) is 17.9. The van der Waals surface area contributed by atoms with Crippen LogP contribution in [0.3, 0.4) is 0 Å². The molecule has 0 radical (unpaired) electrons. The van der Waals surface area contributed by atoms with E-state index in [1.165, 1.54) is 18.5 Å². The van der Waals surface area contributed by atoms with Gasteiger partial charge in [-0.2, -0.15) is 0 Å². The SMILES string of the molecule is CC(C)(Oc1ccc(CC(=O)Nc2ccc3sccc3c2)cc1)C(=O)O. The van der Waals surface area contributed by atoms with Gasteiger partial charge in [0, 0.05) is 10.4 Å². The molecule has 0 saturated carbocycles. The minimum absolute atomic E-state index is 0.112. The van der Waals surface area contributed by atoms with Crippen molar-refractivity contribution in [3.05, 3.63) is 59.5 Å². The number of hydrogen-bond donors (Lipinski definition) is 2. The Morgan fingerprint density at radius 3 is 2.54 bits per heavy atom. The number of carboxylic acids is 1. The van der Waals surface area contributed by atoms with Crippen molar-refractivity contribution in [1.29, 1.82) is 0 Å². The van der Waals surface area contributed by atoms with E-state index in [9.17, 15) is 9.59 Å². The second kappa shape index (κ2) is 7.17. The minimum atomic E-state index is -1.31. The van der Waals surface area contributed by atoms with Gasteiger partial charge >= 0.3 is 5.97 Å². The summed E-state index contributed by atoms with van der Waals surface area (Å²) in [5, 5.41) is 15.1. The van der Waals surface area contributed by atoms with Crippen molar-refractivity contribution < 1.29 is 19.4 Å². The first-order valence-electron chi connectivity index (χ1n) is 8.12. The molecule has 2 aromatic carbocycles. The molecule has 1 amide bonds. The summed E-state index contributed by atoms with van der Waals surface area (Å²) in [5.41, 5.74) is 0.280. The Morgan fingerprint density at radius 1 is 1.12 bits per heavy atom. The van der Waals surface area contributed by atoms with E-state index in [2.05, 4.69) is 5.32 Å². The lowest BCUT2D eigenvalue weighted by molar-refractivity contribution is -0.152. The van der Waals surface area contributed by atoms with Crippen molar-refractivity contribution in [2.45, 2.75) is 25.9 Å². The quantitative estimate of drug-likeness (QED) is 0.678. The van der Waals surface area contributed by atoms with Gasteiger partial charge in [0.25, 0.3) is 0 Å². The number of anilines is 1. The van der Waals surface area contributed by atoms with Crippen molar-refractivity contribution in [1.82, 2.24) is 0 Å². The normalized spacial score (nSPS) is 11.3. The van der Waals surface area contributed by atoms with Gasteiger partial charge in [-0.15, -0.1) is 11.3 Å². The standard InChI is InChI=1S/C20H19NO4S/c1-20(2,19(23)24)25-16-6-3-13(4-7-16)11-18(22)21-15-5-8-17-14(12-15)9-10-26-17/h3-10,12H,11H2,1-2H3,(H,21,22)(H,23,24). The monoisotopic (exact) mass is 369 g/mol. The number of thiophene rings is 1. The maximum absolute atomic E-state index is 12.2. The Balaban J connectivity index is 1.61. The molecule has 0 aliphatic carbocycles. The third-order valence-corrected chi connectivity index (χ3v) is 4.81. The minimum Gasteiger partial charge on any atom is -0.478 e. The predicted octanol–water partition coefficient (Wildman–Crippen LogP) is 4.32.